The molecule has 0 bridgehead atoms. The van der Waals surface area contributed by atoms with Crippen molar-refractivity contribution in [3.8, 4) is 0 Å². The van der Waals surface area contributed by atoms with E-state index >= 15 is 0 Å². The van der Waals surface area contributed by atoms with Gasteiger partial charge in [-0.2, -0.15) is 0 Å². The van der Waals surface area contributed by atoms with Crippen LogP contribution in [0.5, 0.6) is 0 Å². The first-order valence-electron chi connectivity index (χ1n) is 7.13. The second kappa shape index (κ2) is 5.90. The number of aryl methyl sites for hydroxylation is 1. The van der Waals surface area contributed by atoms with Gasteiger partial charge >= 0.3 is 0 Å². The molecule has 1 aromatic heterocycles. The van der Waals surface area contributed by atoms with Gasteiger partial charge in [0.15, 0.2) is 0 Å². The molecule has 1 N–H and O–H groups in total. The summed E-state index contributed by atoms with van der Waals surface area (Å²) in [6.45, 7) is 8.52. The van der Waals surface area contributed by atoms with Crippen molar-refractivity contribution in [3.05, 3.63) is 16.1 Å². The van der Waals surface area contributed by atoms with E-state index in [0.717, 1.165) is 43.1 Å². The molecule has 19 heavy (non-hydrogen) atoms. The minimum Gasteiger partial charge on any atom is -0.393 e. The van der Waals surface area contributed by atoms with E-state index in [1.165, 1.54) is 0 Å². The number of hydrogen-bond acceptors (Lipinski definition) is 4. The van der Waals surface area contributed by atoms with Gasteiger partial charge in [-0.05, 0) is 44.6 Å². The quantitative estimate of drug-likeness (QED) is 0.922. The van der Waals surface area contributed by atoms with Crippen molar-refractivity contribution in [2.24, 2.45) is 11.3 Å². The van der Waals surface area contributed by atoms with Gasteiger partial charge in [0.2, 0.25) is 0 Å². The van der Waals surface area contributed by atoms with Crippen LogP contribution in [-0.4, -0.2) is 34.7 Å². The Morgan fingerprint density at radius 1 is 1.53 bits per heavy atom. The van der Waals surface area contributed by atoms with Gasteiger partial charge in [0.05, 0.1) is 16.8 Å². The third-order valence-electron chi connectivity index (χ3n) is 4.12. The standard InChI is InChI=1S/C15H26N2OS/c1-11-16-13(10-19-11)9-17(4)8-12-7-15(2,3)6-5-14(12)18/h10,12,14,18H,5-9H2,1-4H3. The fourth-order valence-electron chi connectivity index (χ4n) is 3.13. The van der Waals surface area contributed by atoms with Crippen LogP contribution in [-0.2, 0) is 6.54 Å². The summed E-state index contributed by atoms with van der Waals surface area (Å²) in [5, 5.41) is 13.4. The molecule has 4 heteroatoms. The number of aromatic nitrogens is 1. The van der Waals surface area contributed by atoms with Crippen molar-refractivity contribution in [1.82, 2.24) is 9.88 Å². The highest BCUT2D eigenvalue weighted by atomic mass is 32.1. The largest absolute Gasteiger partial charge is 0.393 e. The molecule has 2 unspecified atom stereocenters. The zero-order valence-electron chi connectivity index (χ0n) is 12.5. The van der Waals surface area contributed by atoms with Gasteiger partial charge < -0.3 is 10.0 Å². The molecule has 0 saturated heterocycles. The summed E-state index contributed by atoms with van der Waals surface area (Å²) in [4.78, 5) is 6.80. The minimum absolute atomic E-state index is 0.132. The predicted octanol–water partition coefficient (Wildman–Crippen LogP) is 3.07. The van der Waals surface area contributed by atoms with Crippen LogP contribution in [0.1, 0.15) is 43.8 Å². The first-order chi connectivity index (χ1) is 8.85. The molecule has 1 fully saturated rings. The lowest BCUT2D eigenvalue weighted by Crippen LogP contribution is -2.39. The van der Waals surface area contributed by atoms with E-state index in [-0.39, 0.29) is 6.10 Å². The summed E-state index contributed by atoms with van der Waals surface area (Å²) < 4.78 is 0. The van der Waals surface area contributed by atoms with Crippen LogP contribution in [0, 0.1) is 18.3 Å². The van der Waals surface area contributed by atoms with E-state index in [1.54, 1.807) is 11.3 Å². The van der Waals surface area contributed by atoms with Crippen LogP contribution in [0.15, 0.2) is 5.38 Å². The molecule has 1 heterocycles. The molecule has 0 aromatic carbocycles. The van der Waals surface area contributed by atoms with Gasteiger partial charge in [-0.3, -0.25) is 0 Å². The molecule has 1 aromatic rings. The van der Waals surface area contributed by atoms with E-state index in [0.29, 0.717) is 11.3 Å². The van der Waals surface area contributed by atoms with Crippen molar-refractivity contribution in [3.63, 3.8) is 0 Å². The number of hydrogen-bond donors (Lipinski definition) is 1. The maximum Gasteiger partial charge on any atom is 0.0897 e. The van der Waals surface area contributed by atoms with Crippen LogP contribution in [0.2, 0.25) is 0 Å². The number of nitrogens with zero attached hydrogens (tertiary/aromatic N) is 2. The topological polar surface area (TPSA) is 36.4 Å². The highest BCUT2D eigenvalue weighted by Gasteiger charge is 2.34. The first kappa shape index (κ1) is 14.9. The summed E-state index contributed by atoms with van der Waals surface area (Å²) in [7, 11) is 2.13. The SMILES string of the molecule is Cc1nc(CN(C)CC2CC(C)(C)CCC2O)cs1. The minimum atomic E-state index is -0.132. The molecule has 2 atom stereocenters. The molecule has 2 rings (SSSR count). The molecule has 0 spiro atoms. The first-order valence-corrected chi connectivity index (χ1v) is 8.01. The van der Waals surface area contributed by atoms with Crippen LogP contribution in [0.3, 0.4) is 0 Å². The van der Waals surface area contributed by atoms with Gasteiger partial charge in [-0.1, -0.05) is 13.8 Å². The molecule has 1 aliphatic carbocycles. The maximum atomic E-state index is 10.2. The van der Waals surface area contributed by atoms with E-state index in [4.69, 9.17) is 0 Å². The Bertz CT molecular complexity index is 416. The Morgan fingerprint density at radius 2 is 2.26 bits per heavy atom. The van der Waals surface area contributed by atoms with E-state index in [1.807, 2.05) is 6.92 Å². The van der Waals surface area contributed by atoms with Crippen molar-refractivity contribution in [2.75, 3.05) is 13.6 Å². The Labute approximate surface area is 120 Å². The molecule has 0 amide bonds. The lowest BCUT2D eigenvalue weighted by atomic mass is 9.71. The van der Waals surface area contributed by atoms with Crippen LogP contribution < -0.4 is 0 Å². The Balaban J connectivity index is 1.88. The fraction of sp³-hybridized carbons (Fsp3) is 0.800. The molecule has 0 radical (unpaired) electrons. The smallest absolute Gasteiger partial charge is 0.0897 e. The van der Waals surface area contributed by atoms with Gasteiger partial charge in [-0.15, -0.1) is 11.3 Å². The predicted molar refractivity (Wildman–Crippen MR) is 80.3 cm³/mol. The molecular weight excluding hydrogens is 256 g/mol. The van der Waals surface area contributed by atoms with Crippen molar-refractivity contribution in [2.45, 2.75) is 52.7 Å². The average Bonchev–Trinajstić information content (AvgIpc) is 2.69. The zero-order chi connectivity index (χ0) is 14.0. The average molecular weight is 282 g/mol. The Kier molecular flexibility index (Phi) is 4.64. The Hall–Kier alpha value is -0.450. The van der Waals surface area contributed by atoms with E-state index in [9.17, 15) is 5.11 Å². The van der Waals surface area contributed by atoms with E-state index in [2.05, 4.69) is 36.2 Å². The highest BCUT2D eigenvalue weighted by molar-refractivity contribution is 7.09. The van der Waals surface area contributed by atoms with Crippen molar-refractivity contribution in [1.29, 1.82) is 0 Å². The number of aliphatic hydroxyl groups is 1. The van der Waals surface area contributed by atoms with Gasteiger partial charge in [0, 0.05) is 18.5 Å². The second-order valence-corrected chi connectivity index (χ2v) is 7.85. The van der Waals surface area contributed by atoms with Gasteiger partial charge in [0.25, 0.3) is 0 Å². The third kappa shape index (κ3) is 4.26. The molecule has 0 aliphatic heterocycles. The fourth-order valence-corrected chi connectivity index (χ4v) is 3.73. The summed E-state index contributed by atoms with van der Waals surface area (Å²) in [6.07, 6.45) is 3.07. The second-order valence-electron chi connectivity index (χ2n) is 6.79. The molecular formula is C15H26N2OS. The van der Waals surface area contributed by atoms with E-state index < -0.39 is 0 Å². The normalized spacial score (nSPS) is 26.8. The van der Waals surface area contributed by atoms with Crippen LogP contribution in [0.25, 0.3) is 0 Å². The summed E-state index contributed by atoms with van der Waals surface area (Å²) in [5.74, 6) is 0.397. The maximum absolute atomic E-state index is 10.2. The monoisotopic (exact) mass is 282 g/mol. The van der Waals surface area contributed by atoms with Crippen molar-refractivity contribution >= 4 is 11.3 Å². The van der Waals surface area contributed by atoms with Crippen molar-refractivity contribution < 1.29 is 5.11 Å². The lowest BCUT2D eigenvalue weighted by molar-refractivity contribution is 0.00662. The molecule has 108 valence electrons. The summed E-state index contributed by atoms with van der Waals surface area (Å²) in [5.41, 5.74) is 1.52. The number of rotatable bonds is 4. The van der Waals surface area contributed by atoms with Crippen LogP contribution in [0.4, 0.5) is 0 Å². The summed E-state index contributed by atoms with van der Waals surface area (Å²) >= 11 is 1.71. The molecule has 1 aliphatic rings. The Morgan fingerprint density at radius 3 is 2.89 bits per heavy atom. The van der Waals surface area contributed by atoms with Crippen LogP contribution >= 0.6 is 11.3 Å². The molecule has 1 saturated carbocycles. The third-order valence-corrected chi connectivity index (χ3v) is 4.94. The number of aliphatic hydroxyl groups excluding tert-OH is 1. The summed E-state index contributed by atoms with van der Waals surface area (Å²) in [6, 6.07) is 0. The lowest BCUT2D eigenvalue weighted by Gasteiger charge is -2.40. The van der Waals surface area contributed by atoms with Gasteiger partial charge in [-0.25, -0.2) is 4.98 Å². The highest BCUT2D eigenvalue weighted by Crippen LogP contribution is 2.39. The zero-order valence-corrected chi connectivity index (χ0v) is 13.3. The molecule has 3 nitrogen and oxygen atoms in total. The van der Waals surface area contributed by atoms with Gasteiger partial charge in [0.1, 0.15) is 0 Å². The number of thiazole rings is 1.